The molecule has 2 heterocycles. The van der Waals surface area contributed by atoms with Crippen LogP contribution in [0.15, 0.2) is 102 Å². The van der Waals surface area contributed by atoms with Crippen LogP contribution in [0.5, 0.6) is 0 Å². The monoisotopic (exact) mass is 427 g/mol. The van der Waals surface area contributed by atoms with E-state index in [1.807, 2.05) is 66.7 Å². The smallest absolute Gasteiger partial charge is 0.246 e. The van der Waals surface area contributed by atoms with Crippen molar-refractivity contribution in [2.24, 2.45) is 0 Å². The van der Waals surface area contributed by atoms with Crippen molar-refractivity contribution < 1.29 is 8.42 Å². The number of aromatic nitrogens is 4. The van der Waals surface area contributed by atoms with E-state index >= 15 is 0 Å². The topological polar surface area (TPSA) is 89.2 Å². The Hall–Kier alpha value is -4.04. The van der Waals surface area contributed by atoms with E-state index < -0.39 is 10.0 Å². The fraction of sp³-hybridized carbons (Fsp3) is 0. The third-order valence-corrected chi connectivity index (χ3v) is 6.07. The first-order valence-electron chi connectivity index (χ1n) is 9.57. The minimum Gasteiger partial charge on any atom is -0.246 e. The highest BCUT2D eigenvalue weighted by atomic mass is 32.2. The summed E-state index contributed by atoms with van der Waals surface area (Å²) in [5, 5.41) is 4.39. The first-order chi connectivity index (χ1) is 15.1. The number of rotatable bonds is 5. The van der Waals surface area contributed by atoms with Crippen LogP contribution in [0.4, 0.5) is 5.95 Å². The van der Waals surface area contributed by atoms with Crippen molar-refractivity contribution in [2.75, 3.05) is 4.72 Å². The van der Waals surface area contributed by atoms with E-state index in [-0.39, 0.29) is 10.8 Å². The standard InChI is InChI=1S/C23H17N5O2S/c29-31(30,19-14-8-3-9-15-19)27-22-25-23-24-20(17-10-4-1-5-11-17)16-21(28(23)26-22)18-12-6-2-7-13-18/h1-16H,(H,26,27). The third kappa shape index (κ3) is 3.76. The molecule has 0 bridgehead atoms. The van der Waals surface area contributed by atoms with Gasteiger partial charge in [0.1, 0.15) is 0 Å². The number of anilines is 1. The van der Waals surface area contributed by atoms with Gasteiger partial charge in [-0.25, -0.2) is 18.1 Å². The molecule has 0 unspecified atom stereocenters. The molecule has 0 saturated carbocycles. The molecule has 5 rings (SSSR count). The molecule has 0 aliphatic rings. The minimum atomic E-state index is -3.82. The minimum absolute atomic E-state index is 0.0428. The molecule has 0 aliphatic heterocycles. The summed E-state index contributed by atoms with van der Waals surface area (Å²) >= 11 is 0. The van der Waals surface area contributed by atoms with Gasteiger partial charge in [0.25, 0.3) is 21.7 Å². The zero-order valence-electron chi connectivity index (χ0n) is 16.3. The molecule has 5 aromatic rings. The fourth-order valence-corrected chi connectivity index (χ4v) is 4.22. The molecular weight excluding hydrogens is 410 g/mol. The maximum Gasteiger partial charge on any atom is 0.264 e. The van der Waals surface area contributed by atoms with Crippen LogP contribution in [-0.2, 0) is 10.0 Å². The Morgan fingerprint density at radius 3 is 1.94 bits per heavy atom. The van der Waals surface area contributed by atoms with Gasteiger partial charge in [0.05, 0.1) is 16.3 Å². The second-order valence-electron chi connectivity index (χ2n) is 6.82. The Bertz CT molecular complexity index is 1450. The van der Waals surface area contributed by atoms with Gasteiger partial charge in [-0.05, 0) is 18.2 Å². The van der Waals surface area contributed by atoms with E-state index in [9.17, 15) is 8.42 Å². The lowest BCUT2D eigenvalue weighted by Crippen LogP contribution is -2.13. The number of hydrogen-bond donors (Lipinski definition) is 1. The second kappa shape index (κ2) is 7.66. The summed E-state index contributed by atoms with van der Waals surface area (Å²) in [6.07, 6.45) is 0. The van der Waals surface area contributed by atoms with Crippen molar-refractivity contribution in [1.29, 1.82) is 0 Å². The van der Waals surface area contributed by atoms with E-state index in [1.54, 1.807) is 22.7 Å². The predicted octanol–water partition coefficient (Wildman–Crippen LogP) is 4.26. The fourth-order valence-electron chi connectivity index (χ4n) is 3.26. The Morgan fingerprint density at radius 1 is 0.710 bits per heavy atom. The summed E-state index contributed by atoms with van der Waals surface area (Å²) in [5.41, 5.74) is 3.31. The van der Waals surface area contributed by atoms with Gasteiger partial charge in [0.2, 0.25) is 0 Å². The van der Waals surface area contributed by atoms with Crippen molar-refractivity contribution in [2.45, 2.75) is 4.90 Å². The lowest BCUT2D eigenvalue weighted by atomic mass is 10.1. The molecule has 0 radical (unpaired) electrons. The molecule has 2 aromatic heterocycles. The van der Waals surface area contributed by atoms with E-state index in [2.05, 4.69) is 19.8 Å². The van der Waals surface area contributed by atoms with Crippen molar-refractivity contribution in [3.05, 3.63) is 97.1 Å². The third-order valence-electron chi connectivity index (χ3n) is 4.73. The normalized spacial score (nSPS) is 11.5. The van der Waals surface area contributed by atoms with Gasteiger partial charge in [-0.3, -0.25) is 0 Å². The highest BCUT2D eigenvalue weighted by Gasteiger charge is 2.19. The van der Waals surface area contributed by atoms with Gasteiger partial charge in [-0.2, -0.15) is 9.50 Å². The Kier molecular flexibility index (Phi) is 4.68. The van der Waals surface area contributed by atoms with Crippen molar-refractivity contribution in [3.8, 4) is 22.5 Å². The highest BCUT2D eigenvalue weighted by molar-refractivity contribution is 7.92. The summed E-state index contributed by atoms with van der Waals surface area (Å²) < 4.78 is 29.4. The summed E-state index contributed by atoms with van der Waals surface area (Å²) in [6.45, 7) is 0. The zero-order valence-corrected chi connectivity index (χ0v) is 17.1. The maximum absolute atomic E-state index is 12.7. The van der Waals surface area contributed by atoms with Gasteiger partial charge < -0.3 is 0 Å². The summed E-state index contributed by atoms with van der Waals surface area (Å²) in [6, 6.07) is 29.5. The van der Waals surface area contributed by atoms with Gasteiger partial charge >= 0.3 is 0 Å². The zero-order chi connectivity index (χ0) is 21.3. The Balaban J connectivity index is 1.65. The molecule has 8 heteroatoms. The molecular formula is C23H17N5O2S. The molecule has 0 saturated heterocycles. The average molecular weight is 427 g/mol. The van der Waals surface area contributed by atoms with Crippen LogP contribution >= 0.6 is 0 Å². The van der Waals surface area contributed by atoms with E-state index in [0.29, 0.717) is 5.78 Å². The lowest BCUT2D eigenvalue weighted by Gasteiger charge is -2.07. The summed E-state index contributed by atoms with van der Waals surface area (Å²) in [5.74, 6) is 0.254. The molecule has 0 atom stereocenters. The molecule has 0 amide bonds. The molecule has 7 nitrogen and oxygen atoms in total. The van der Waals surface area contributed by atoms with E-state index in [4.69, 9.17) is 0 Å². The summed E-state index contributed by atoms with van der Waals surface area (Å²) in [4.78, 5) is 9.09. The molecule has 0 fully saturated rings. The number of nitrogens with one attached hydrogen (secondary N) is 1. The molecule has 0 spiro atoms. The SMILES string of the molecule is O=S(=O)(Nc1nc2nc(-c3ccccc3)cc(-c3ccccc3)n2n1)c1ccccc1. The van der Waals surface area contributed by atoms with Crippen LogP contribution < -0.4 is 4.72 Å². The number of hydrogen-bond acceptors (Lipinski definition) is 5. The Labute approximate surface area is 179 Å². The highest BCUT2D eigenvalue weighted by Crippen LogP contribution is 2.26. The van der Waals surface area contributed by atoms with Crippen molar-refractivity contribution >= 4 is 21.7 Å². The molecule has 152 valence electrons. The van der Waals surface area contributed by atoms with Gasteiger partial charge in [0, 0.05) is 11.1 Å². The maximum atomic E-state index is 12.7. The van der Waals surface area contributed by atoms with Crippen LogP contribution in [0.25, 0.3) is 28.3 Å². The number of nitrogens with zero attached hydrogens (tertiary/aromatic N) is 4. The van der Waals surface area contributed by atoms with Crippen LogP contribution in [-0.4, -0.2) is 28.0 Å². The van der Waals surface area contributed by atoms with Crippen LogP contribution in [0.3, 0.4) is 0 Å². The first-order valence-corrected chi connectivity index (χ1v) is 11.0. The largest absolute Gasteiger partial charge is 0.264 e. The van der Waals surface area contributed by atoms with E-state index in [0.717, 1.165) is 22.5 Å². The first kappa shape index (κ1) is 19.0. The molecule has 31 heavy (non-hydrogen) atoms. The van der Waals surface area contributed by atoms with Gasteiger partial charge in [0.15, 0.2) is 0 Å². The van der Waals surface area contributed by atoms with E-state index in [1.165, 1.54) is 12.1 Å². The van der Waals surface area contributed by atoms with Gasteiger partial charge in [-0.15, -0.1) is 5.10 Å². The quantitative estimate of drug-likeness (QED) is 0.453. The van der Waals surface area contributed by atoms with Gasteiger partial charge in [-0.1, -0.05) is 78.9 Å². The average Bonchev–Trinajstić information content (AvgIpc) is 3.21. The lowest BCUT2D eigenvalue weighted by molar-refractivity contribution is 0.601. The number of sulfonamides is 1. The van der Waals surface area contributed by atoms with Crippen LogP contribution in [0, 0.1) is 0 Å². The number of benzene rings is 3. The molecule has 3 aromatic carbocycles. The predicted molar refractivity (Wildman–Crippen MR) is 119 cm³/mol. The second-order valence-corrected chi connectivity index (χ2v) is 8.51. The van der Waals surface area contributed by atoms with Crippen molar-refractivity contribution in [1.82, 2.24) is 19.6 Å². The van der Waals surface area contributed by atoms with Crippen LogP contribution in [0.2, 0.25) is 0 Å². The van der Waals surface area contributed by atoms with Crippen LogP contribution in [0.1, 0.15) is 0 Å². The summed E-state index contributed by atoms with van der Waals surface area (Å²) in [7, 11) is -3.82. The molecule has 0 aliphatic carbocycles. The Morgan fingerprint density at radius 2 is 1.29 bits per heavy atom. The number of fused-ring (bicyclic) bond motifs is 1. The molecule has 1 N–H and O–H groups in total. The van der Waals surface area contributed by atoms with Crippen molar-refractivity contribution in [3.63, 3.8) is 0 Å².